The predicted octanol–water partition coefficient (Wildman–Crippen LogP) is 6.18. The number of para-hydroxylation sites is 2. The molecule has 0 amide bonds. The highest BCUT2D eigenvalue weighted by atomic mass is 28.3. The lowest BCUT2D eigenvalue weighted by Crippen LogP contribution is -2.80. The number of nitrogens with zero attached hydrogens (tertiary/aromatic N) is 6. The highest BCUT2D eigenvalue weighted by molar-refractivity contribution is 7.21. The zero-order valence-electron chi connectivity index (χ0n) is 34.3. The molecule has 298 valence electrons. The van der Waals surface area contributed by atoms with Crippen molar-refractivity contribution in [3.63, 3.8) is 0 Å². The van der Waals surface area contributed by atoms with E-state index in [0.29, 0.717) is 5.82 Å². The van der Waals surface area contributed by atoms with E-state index in [1.165, 1.54) is 31.1 Å². The molecule has 0 saturated heterocycles. The van der Waals surface area contributed by atoms with Crippen LogP contribution < -0.4 is 41.9 Å². The molecule has 11 aromatic rings. The molecule has 0 saturated carbocycles. The molecule has 8 aromatic carbocycles. The van der Waals surface area contributed by atoms with Gasteiger partial charge in [-0.05, 0) is 43.3 Å². The van der Waals surface area contributed by atoms with Gasteiger partial charge in [-0.2, -0.15) is 0 Å². The molecule has 0 radical (unpaired) electrons. The minimum Gasteiger partial charge on any atom is -0.293 e. The second-order valence-corrected chi connectivity index (χ2v) is 23.0. The van der Waals surface area contributed by atoms with Crippen LogP contribution in [0.25, 0.3) is 39.0 Å². The average molecular weight is 841 g/mol. The van der Waals surface area contributed by atoms with Crippen molar-refractivity contribution in [2.45, 2.75) is 0 Å². The molecule has 0 atom stereocenters. The topological polar surface area (TPSA) is 69.4 Å². The lowest BCUT2D eigenvalue weighted by molar-refractivity contribution is 1.02. The Bertz CT molecular complexity index is 3070. The van der Waals surface area contributed by atoms with Crippen LogP contribution in [0.2, 0.25) is 0 Å². The summed E-state index contributed by atoms with van der Waals surface area (Å²) in [5, 5.41) is 10.3. The summed E-state index contributed by atoms with van der Waals surface area (Å²) in [5.41, 5.74) is 3.60. The molecule has 0 aliphatic carbocycles. The molecule has 0 N–H and O–H groups in total. The van der Waals surface area contributed by atoms with Crippen LogP contribution in [-0.4, -0.2) is 45.6 Å². The summed E-state index contributed by atoms with van der Waals surface area (Å²) in [4.78, 5) is 26.8. The number of hydrogen-bond acceptors (Lipinski definition) is 5. The third-order valence-corrected chi connectivity index (χ3v) is 21.5. The summed E-state index contributed by atoms with van der Waals surface area (Å²) in [6, 6.07) is 82.9. The molecule has 11 rings (SSSR count). The van der Waals surface area contributed by atoms with Crippen LogP contribution in [0.5, 0.6) is 0 Å². The maximum Gasteiger partial charge on any atom is 0.226 e. The molecule has 0 spiro atoms. The third-order valence-electron chi connectivity index (χ3n) is 12.3. The zero-order valence-corrected chi connectivity index (χ0v) is 36.3. The summed E-state index contributed by atoms with van der Waals surface area (Å²) in [5.74, 6) is 1.23. The second kappa shape index (κ2) is 16.2. The Morgan fingerprint density at radius 3 is 1.05 bits per heavy atom. The number of benzene rings is 8. The minimum atomic E-state index is -3.46. The quantitative estimate of drug-likeness (QED) is 0.122. The summed E-state index contributed by atoms with van der Waals surface area (Å²) in [6.45, 7) is 0. The lowest BCUT2D eigenvalue weighted by Gasteiger charge is -2.37. The van der Waals surface area contributed by atoms with Gasteiger partial charge in [0.05, 0.1) is 21.9 Å². The van der Waals surface area contributed by atoms with E-state index in [0.717, 1.165) is 44.0 Å². The predicted molar refractivity (Wildman–Crippen MR) is 262 cm³/mol. The highest BCUT2D eigenvalue weighted by Gasteiger charge is 2.50. The highest BCUT2D eigenvalue weighted by Crippen LogP contribution is 2.34. The van der Waals surface area contributed by atoms with Crippen molar-refractivity contribution < 1.29 is 0 Å². The standard InChI is InChI=1S/C55H40N6Si2/c1-7-23-41(24-8-1)62(42-25-9-2-10-26-42,43-27-11-3-12-28-43)54-51(52-57-39-56-40-58-52)53(61-49-37-21-19-35-47(49)48-36-20-22-38-50(48)61)59-55(60-54)63(44-29-13-4-14-30-44,45-31-15-5-16-32-45)46-33-17-6-18-34-46/h1-40H. The molecule has 8 heteroatoms. The molecule has 0 bridgehead atoms. The molecule has 0 fully saturated rings. The maximum absolute atomic E-state index is 6.28. The van der Waals surface area contributed by atoms with Crippen LogP contribution in [-0.2, 0) is 0 Å². The first-order valence-electron chi connectivity index (χ1n) is 21.2. The van der Waals surface area contributed by atoms with E-state index in [1.54, 1.807) is 12.7 Å². The van der Waals surface area contributed by atoms with Crippen molar-refractivity contribution in [2.24, 2.45) is 0 Å². The van der Waals surface area contributed by atoms with Crippen LogP contribution >= 0.6 is 0 Å². The van der Waals surface area contributed by atoms with Crippen molar-refractivity contribution >= 4 is 79.8 Å². The van der Waals surface area contributed by atoms with Crippen molar-refractivity contribution in [3.05, 3.63) is 243 Å². The van der Waals surface area contributed by atoms with Crippen LogP contribution in [0.3, 0.4) is 0 Å². The van der Waals surface area contributed by atoms with Crippen LogP contribution in [0.4, 0.5) is 0 Å². The first kappa shape index (κ1) is 38.0. The van der Waals surface area contributed by atoms with E-state index in [-0.39, 0.29) is 0 Å². The van der Waals surface area contributed by atoms with Gasteiger partial charge in [0.1, 0.15) is 18.1 Å². The van der Waals surface area contributed by atoms with E-state index in [1.807, 2.05) is 0 Å². The Balaban J connectivity index is 1.45. The van der Waals surface area contributed by atoms with Gasteiger partial charge in [0, 0.05) is 10.8 Å². The zero-order chi connectivity index (χ0) is 42.1. The fourth-order valence-corrected chi connectivity index (χ4v) is 19.0. The molecule has 0 aliphatic heterocycles. The normalized spacial score (nSPS) is 11.8. The minimum absolute atomic E-state index is 0.509. The van der Waals surface area contributed by atoms with Gasteiger partial charge >= 0.3 is 0 Å². The molecule has 3 aromatic heterocycles. The number of fused-ring (bicyclic) bond motifs is 3. The molecular weight excluding hydrogens is 801 g/mol. The fourth-order valence-electron chi connectivity index (χ4n) is 9.70. The van der Waals surface area contributed by atoms with Gasteiger partial charge in [0.2, 0.25) is 16.1 Å². The molecule has 0 unspecified atom stereocenters. The molecular formula is C55H40N6Si2. The summed E-state index contributed by atoms with van der Waals surface area (Å²) in [6.07, 6.45) is 3.17. The monoisotopic (exact) mass is 840 g/mol. The van der Waals surface area contributed by atoms with Crippen LogP contribution in [0, 0.1) is 0 Å². The SMILES string of the molecule is c1ccc([Si](c2ccccc2)(c2ccccc2)c2nc(-n3c4ccccc4c4ccccc43)c(-c3ncncn3)c([Si](c3ccccc3)(c3ccccc3)c3ccccc3)n2)cc1. The van der Waals surface area contributed by atoms with Gasteiger partial charge in [0.15, 0.2) is 11.6 Å². The third kappa shape index (κ3) is 6.18. The summed E-state index contributed by atoms with van der Waals surface area (Å²) in [7, 11) is -6.84. The smallest absolute Gasteiger partial charge is 0.226 e. The number of hydrogen-bond donors (Lipinski definition) is 0. The first-order valence-corrected chi connectivity index (χ1v) is 25.2. The molecule has 0 aliphatic rings. The van der Waals surface area contributed by atoms with Crippen LogP contribution in [0.15, 0.2) is 243 Å². The van der Waals surface area contributed by atoms with Gasteiger partial charge in [-0.3, -0.25) is 4.57 Å². The van der Waals surface area contributed by atoms with E-state index in [2.05, 4.69) is 240 Å². The van der Waals surface area contributed by atoms with Crippen molar-refractivity contribution in [3.8, 4) is 17.2 Å². The molecule has 63 heavy (non-hydrogen) atoms. The summed E-state index contributed by atoms with van der Waals surface area (Å²) >= 11 is 0. The Hall–Kier alpha value is -7.92. The number of rotatable bonds is 10. The van der Waals surface area contributed by atoms with Gasteiger partial charge in [-0.15, -0.1) is 0 Å². The Kier molecular flexibility index (Phi) is 9.76. The molecule has 6 nitrogen and oxygen atoms in total. The van der Waals surface area contributed by atoms with Crippen molar-refractivity contribution in [1.82, 2.24) is 29.5 Å². The number of aromatic nitrogens is 6. The van der Waals surface area contributed by atoms with Gasteiger partial charge in [0.25, 0.3) is 0 Å². The second-order valence-electron chi connectivity index (χ2n) is 15.6. The molecule has 3 heterocycles. The van der Waals surface area contributed by atoms with E-state index in [9.17, 15) is 0 Å². The Morgan fingerprint density at radius 2 is 0.667 bits per heavy atom. The van der Waals surface area contributed by atoms with Crippen molar-refractivity contribution in [1.29, 1.82) is 0 Å². The van der Waals surface area contributed by atoms with Gasteiger partial charge < -0.3 is 0 Å². The van der Waals surface area contributed by atoms with Gasteiger partial charge in [-0.25, -0.2) is 24.9 Å². The fraction of sp³-hybridized carbons (Fsp3) is 0. The Labute approximate surface area is 368 Å². The summed E-state index contributed by atoms with van der Waals surface area (Å²) < 4.78 is 2.33. The maximum atomic E-state index is 6.28. The van der Waals surface area contributed by atoms with E-state index < -0.39 is 16.1 Å². The average Bonchev–Trinajstić information content (AvgIpc) is 3.71. The van der Waals surface area contributed by atoms with Crippen LogP contribution in [0.1, 0.15) is 0 Å². The first-order chi connectivity index (χ1) is 31.3. The largest absolute Gasteiger partial charge is 0.293 e. The Morgan fingerprint density at radius 1 is 0.333 bits per heavy atom. The van der Waals surface area contributed by atoms with Gasteiger partial charge in [-0.1, -0.05) is 218 Å². The van der Waals surface area contributed by atoms with E-state index in [4.69, 9.17) is 19.9 Å². The van der Waals surface area contributed by atoms with Crippen molar-refractivity contribution in [2.75, 3.05) is 0 Å². The van der Waals surface area contributed by atoms with E-state index >= 15 is 0 Å². The lowest BCUT2D eigenvalue weighted by atomic mass is 10.2.